The maximum absolute atomic E-state index is 13.9. The number of hydrogen-bond acceptors (Lipinski definition) is 8. The lowest BCUT2D eigenvalue weighted by Crippen LogP contribution is -2.54. The number of alkyl carbamates (subject to hydrolysis) is 1. The van der Waals surface area contributed by atoms with Crippen molar-refractivity contribution in [2.75, 3.05) is 50.9 Å². The van der Waals surface area contributed by atoms with Crippen LogP contribution in [0.5, 0.6) is 0 Å². The van der Waals surface area contributed by atoms with Crippen LogP contribution < -0.4 is 16.1 Å². The molecule has 42 heavy (non-hydrogen) atoms. The van der Waals surface area contributed by atoms with Crippen LogP contribution in [0.25, 0.3) is 11.3 Å². The van der Waals surface area contributed by atoms with Gasteiger partial charge in [0.25, 0.3) is 0 Å². The minimum atomic E-state index is -0.665. The highest BCUT2D eigenvalue weighted by atomic mass is 16.6. The van der Waals surface area contributed by atoms with Gasteiger partial charge in [0.2, 0.25) is 5.91 Å². The lowest BCUT2D eigenvalue weighted by atomic mass is 9.90. The third-order valence-electron chi connectivity index (χ3n) is 7.74. The maximum atomic E-state index is 13.9. The smallest absolute Gasteiger partial charge is 0.407 e. The molecule has 3 heterocycles. The van der Waals surface area contributed by atoms with Crippen LogP contribution in [0.3, 0.4) is 0 Å². The molecule has 0 bridgehead atoms. The predicted octanol–water partition coefficient (Wildman–Crippen LogP) is 2.76. The summed E-state index contributed by atoms with van der Waals surface area (Å²) in [5.41, 5.74) is 8.63. The number of carbonyl (C=O) groups excluding carboxylic acids is 4. The zero-order valence-electron chi connectivity index (χ0n) is 24.4. The summed E-state index contributed by atoms with van der Waals surface area (Å²) in [4.78, 5) is 52.9. The highest BCUT2D eigenvalue weighted by molar-refractivity contribution is 6.25. The fourth-order valence-electron chi connectivity index (χ4n) is 5.84. The number of H-pyrrole nitrogens is 1. The summed E-state index contributed by atoms with van der Waals surface area (Å²) in [7, 11) is 0. The van der Waals surface area contributed by atoms with Crippen molar-refractivity contribution < 1.29 is 28.7 Å². The Morgan fingerprint density at radius 1 is 1.14 bits per heavy atom. The average Bonchev–Trinajstić information content (AvgIpc) is 3.51. The summed E-state index contributed by atoms with van der Waals surface area (Å²) in [5.74, 6) is -0.112. The Labute approximate surface area is 244 Å². The Morgan fingerprint density at radius 3 is 2.52 bits per heavy atom. The number of ketones is 1. The number of morpholine rings is 1. The molecule has 1 aromatic carbocycles. The Hall–Kier alpha value is -3.97. The average molecular weight is 582 g/mol. The van der Waals surface area contributed by atoms with E-state index in [2.05, 4.69) is 15.5 Å². The van der Waals surface area contributed by atoms with Crippen molar-refractivity contribution in [1.29, 1.82) is 0 Å². The minimum Gasteiger partial charge on any atom is -0.444 e. The number of fused-ring (bicyclic) bond motifs is 3. The maximum Gasteiger partial charge on any atom is 0.407 e. The van der Waals surface area contributed by atoms with Crippen LogP contribution in [0.1, 0.15) is 74.0 Å². The van der Waals surface area contributed by atoms with Crippen molar-refractivity contribution in [1.82, 2.24) is 25.4 Å². The van der Waals surface area contributed by atoms with Gasteiger partial charge in [-0.15, -0.1) is 0 Å². The number of aromatic nitrogens is 2. The zero-order chi connectivity index (χ0) is 30.0. The van der Waals surface area contributed by atoms with E-state index >= 15 is 0 Å². The van der Waals surface area contributed by atoms with Gasteiger partial charge in [-0.05, 0) is 46.1 Å². The number of nitrogens with two attached hydrogens (primary N) is 1. The normalized spacial score (nSPS) is 17.5. The molecule has 3 aliphatic rings. The largest absolute Gasteiger partial charge is 0.444 e. The standard InChI is InChI=1S/C29H39N7O6/c1-29(2,3)42-28(40)31-11-5-8-21(37)34-12-9-18(10-13-34)24-23-25(33-32-24)19-6-4-7-20(22(19)26(23)38)36(27(30)39)35-14-16-41-17-15-35/h4,6-7,18H,5,8-17H2,1-3H3,(H2,30,39)(H,31,40)(H,32,33). The first-order valence-corrected chi connectivity index (χ1v) is 14.5. The summed E-state index contributed by atoms with van der Waals surface area (Å²) in [6, 6.07) is 4.71. The van der Waals surface area contributed by atoms with Crippen molar-refractivity contribution in [3.8, 4) is 11.3 Å². The second-order valence-electron chi connectivity index (χ2n) is 11.8. The van der Waals surface area contributed by atoms with Gasteiger partial charge in [-0.3, -0.25) is 14.7 Å². The molecule has 226 valence electrons. The number of amides is 4. The van der Waals surface area contributed by atoms with E-state index in [1.54, 1.807) is 37.9 Å². The van der Waals surface area contributed by atoms with Crippen LogP contribution >= 0.6 is 0 Å². The highest BCUT2D eigenvalue weighted by Gasteiger charge is 2.40. The molecule has 1 aromatic heterocycles. The number of likely N-dealkylation sites (tertiary alicyclic amines) is 1. The quantitative estimate of drug-likeness (QED) is 0.359. The fourth-order valence-corrected chi connectivity index (χ4v) is 5.84. The highest BCUT2D eigenvalue weighted by Crippen LogP contribution is 2.44. The number of anilines is 1. The molecule has 0 unspecified atom stereocenters. The van der Waals surface area contributed by atoms with Crippen molar-refractivity contribution >= 4 is 29.5 Å². The van der Waals surface area contributed by atoms with Gasteiger partial charge in [0, 0.05) is 50.6 Å². The van der Waals surface area contributed by atoms with Crippen LogP contribution in [0.15, 0.2) is 18.2 Å². The molecule has 4 amide bonds. The molecule has 13 nitrogen and oxygen atoms in total. The van der Waals surface area contributed by atoms with Gasteiger partial charge in [-0.2, -0.15) is 5.10 Å². The van der Waals surface area contributed by atoms with Gasteiger partial charge in [0.1, 0.15) is 11.3 Å². The topological polar surface area (TPSA) is 163 Å². The molecule has 4 N–H and O–H groups in total. The number of carbonyl (C=O) groups is 4. The van der Waals surface area contributed by atoms with Crippen molar-refractivity contribution in [2.24, 2.45) is 5.73 Å². The number of benzene rings is 1. The molecule has 1 aliphatic carbocycles. The van der Waals surface area contributed by atoms with E-state index in [0.717, 1.165) is 5.69 Å². The molecule has 2 fully saturated rings. The van der Waals surface area contributed by atoms with Crippen LogP contribution in [0.2, 0.25) is 0 Å². The number of primary amides is 1. The van der Waals surface area contributed by atoms with E-state index in [0.29, 0.717) is 99.7 Å². The SMILES string of the molecule is CC(C)(C)OC(=O)NCCCC(=O)N1CCC(c2[nH]nc3c2C(=O)c2c-3cccc2N(C(N)=O)N2CCOCC2)CC1. The Morgan fingerprint density at radius 2 is 1.86 bits per heavy atom. The number of ether oxygens (including phenoxy) is 2. The van der Waals surface area contributed by atoms with E-state index in [-0.39, 0.29) is 17.6 Å². The van der Waals surface area contributed by atoms with Gasteiger partial charge in [-0.1, -0.05) is 12.1 Å². The first-order chi connectivity index (χ1) is 20.0. The Bertz CT molecular complexity index is 1350. The lowest BCUT2D eigenvalue weighted by Gasteiger charge is -2.36. The molecule has 0 atom stereocenters. The molecular formula is C29H39N7O6. The first kappa shape index (κ1) is 29.5. The van der Waals surface area contributed by atoms with Gasteiger partial charge >= 0.3 is 12.1 Å². The van der Waals surface area contributed by atoms with Crippen LogP contribution in [-0.4, -0.2) is 95.5 Å². The number of piperidine rings is 1. The summed E-state index contributed by atoms with van der Waals surface area (Å²) < 4.78 is 10.6. The molecule has 2 aliphatic heterocycles. The third kappa shape index (κ3) is 6.12. The zero-order valence-corrected chi connectivity index (χ0v) is 24.4. The molecule has 0 radical (unpaired) electrons. The second kappa shape index (κ2) is 12.1. The van der Waals surface area contributed by atoms with E-state index in [1.807, 2.05) is 11.0 Å². The Kier molecular flexibility index (Phi) is 8.50. The van der Waals surface area contributed by atoms with Crippen LogP contribution in [0.4, 0.5) is 15.3 Å². The molecule has 0 spiro atoms. The van der Waals surface area contributed by atoms with E-state index < -0.39 is 17.7 Å². The number of urea groups is 1. The molecule has 2 saturated heterocycles. The van der Waals surface area contributed by atoms with Crippen molar-refractivity contribution in [2.45, 2.75) is 58.0 Å². The predicted molar refractivity (Wildman–Crippen MR) is 154 cm³/mol. The monoisotopic (exact) mass is 581 g/mol. The first-order valence-electron chi connectivity index (χ1n) is 14.5. The second-order valence-corrected chi connectivity index (χ2v) is 11.8. The summed E-state index contributed by atoms with van der Waals surface area (Å²) in [6.07, 6.45) is 1.74. The molecule has 5 rings (SSSR count). The number of hydrazine groups is 1. The van der Waals surface area contributed by atoms with Crippen molar-refractivity contribution in [3.05, 3.63) is 35.0 Å². The van der Waals surface area contributed by atoms with Crippen LogP contribution in [-0.2, 0) is 14.3 Å². The van der Waals surface area contributed by atoms with E-state index in [1.165, 1.54) is 5.01 Å². The Balaban J connectivity index is 1.22. The molecule has 2 aromatic rings. The number of nitrogens with zero attached hydrogens (tertiary/aromatic N) is 4. The van der Waals surface area contributed by atoms with Gasteiger partial charge in [-0.25, -0.2) is 19.6 Å². The summed E-state index contributed by atoms with van der Waals surface area (Å²) in [5, 5.41) is 13.5. The van der Waals surface area contributed by atoms with E-state index in [4.69, 9.17) is 15.2 Å². The lowest BCUT2D eigenvalue weighted by molar-refractivity contribution is -0.132. The van der Waals surface area contributed by atoms with Gasteiger partial charge in [0.15, 0.2) is 5.78 Å². The number of rotatable bonds is 7. The third-order valence-corrected chi connectivity index (χ3v) is 7.74. The number of hydrogen-bond donors (Lipinski definition) is 3. The van der Waals surface area contributed by atoms with Gasteiger partial charge in [0.05, 0.1) is 35.7 Å². The number of nitrogens with one attached hydrogen (secondary N) is 2. The van der Waals surface area contributed by atoms with Crippen LogP contribution in [0, 0.1) is 0 Å². The summed E-state index contributed by atoms with van der Waals surface area (Å²) >= 11 is 0. The summed E-state index contributed by atoms with van der Waals surface area (Å²) in [6.45, 7) is 8.77. The molecule has 13 heteroatoms. The van der Waals surface area contributed by atoms with E-state index in [9.17, 15) is 19.2 Å². The minimum absolute atomic E-state index is 0.0346. The van der Waals surface area contributed by atoms with Crippen molar-refractivity contribution in [3.63, 3.8) is 0 Å². The fraction of sp³-hybridized carbons (Fsp3) is 0.552. The molecule has 0 saturated carbocycles. The number of aromatic amines is 1. The molecular weight excluding hydrogens is 542 g/mol. The van der Waals surface area contributed by atoms with Gasteiger partial charge < -0.3 is 25.4 Å².